The summed E-state index contributed by atoms with van der Waals surface area (Å²) in [6.07, 6.45) is 1.49. The Morgan fingerprint density at radius 2 is 2.12 bits per heavy atom. The van der Waals surface area contributed by atoms with E-state index in [0.29, 0.717) is 11.2 Å². The second-order valence-electron chi connectivity index (χ2n) is 3.62. The van der Waals surface area contributed by atoms with Gasteiger partial charge in [0.1, 0.15) is 12.1 Å². The fourth-order valence-electron chi connectivity index (χ4n) is 1.29. The standard InChI is InChI=1S/C9H9Cl2N5O/c1-15(2)5(17)3-16-4-12-6-7(10)13-9(11)14-8(6)16/h4H,3H2,1-2H3. The molecule has 2 aromatic rings. The van der Waals surface area contributed by atoms with E-state index in [1.807, 2.05) is 0 Å². The number of nitrogens with zero attached hydrogens (tertiary/aromatic N) is 5. The molecule has 90 valence electrons. The molecule has 0 saturated carbocycles. The third kappa shape index (κ3) is 2.32. The molecular weight excluding hydrogens is 265 g/mol. The maximum Gasteiger partial charge on any atom is 0.242 e. The van der Waals surface area contributed by atoms with E-state index in [-0.39, 0.29) is 22.9 Å². The fraction of sp³-hybridized carbons (Fsp3) is 0.333. The maximum absolute atomic E-state index is 11.6. The Balaban J connectivity index is 2.46. The normalized spacial score (nSPS) is 10.8. The summed E-state index contributed by atoms with van der Waals surface area (Å²) in [5.74, 6) is -0.0739. The molecule has 1 amide bonds. The number of hydrogen-bond donors (Lipinski definition) is 0. The number of halogens is 2. The Morgan fingerprint density at radius 1 is 1.41 bits per heavy atom. The van der Waals surface area contributed by atoms with Gasteiger partial charge in [-0.2, -0.15) is 4.98 Å². The molecule has 0 unspecified atom stereocenters. The van der Waals surface area contributed by atoms with Gasteiger partial charge in [0.25, 0.3) is 0 Å². The molecule has 0 N–H and O–H groups in total. The van der Waals surface area contributed by atoms with Crippen LogP contribution in [0.4, 0.5) is 0 Å². The quantitative estimate of drug-likeness (QED) is 0.610. The van der Waals surface area contributed by atoms with Crippen LogP contribution in [0.3, 0.4) is 0 Å². The average Bonchev–Trinajstić information content (AvgIpc) is 2.61. The molecule has 0 aliphatic heterocycles. The van der Waals surface area contributed by atoms with E-state index in [1.54, 1.807) is 18.7 Å². The van der Waals surface area contributed by atoms with Gasteiger partial charge in [0.2, 0.25) is 11.2 Å². The van der Waals surface area contributed by atoms with Crippen LogP contribution in [0.2, 0.25) is 10.4 Å². The molecule has 6 nitrogen and oxygen atoms in total. The predicted molar refractivity (Wildman–Crippen MR) is 64.0 cm³/mol. The third-order valence-electron chi connectivity index (χ3n) is 2.20. The Labute approximate surface area is 107 Å². The van der Waals surface area contributed by atoms with Crippen LogP contribution in [-0.4, -0.2) is 44.4 Å². The second-order valence-corrected chi connectivity index (χ2v) is 4.31. The fourth-order valence-corrected chi connectivity index (χ4v) is 1.71. The monoisotopic (exact) mass is 273 g/mol. The summed E-state index contributed by atoms with van der Waals surface area (Å²) in [6.45, 7) is 0.132. The van der Waals surface area contributed by atoms with Gasteiger partial charge in [0, 0.05) is 14.1 Å². The minimum atomic E-state index is -0.0739. The number of fused-ring (bicyclic) bond motifs is 1. The number of rotatable bonds is 2. The van der Waals surface area contributed by atoms with E-state index in [9.17, 15) is 4.79 Å². The van der Waals surface area contributed by atoms with Crippen molar-refractivity contribution in [3.63, 3.8) is 0 Å². The summed E-state index contributed by atoms with van der Waals surface area (Å²) in [4.78, 5) is 24.9. The molecule has 0 aliphatic carbocycles. The van der Waals surface area contributed by atoms with Gasteiger partial charge in [-0.1, -0.05) is 11.6 Å². The summed E-state index contributed by atoms with van der Waals surface area (Å²) in [6, 6.07) is 0. The molecule has 2 rings (SSSR count). The second kappa shape index (κ2) is 4.46. The lowest BCUT2D eigenvalue weighted by Gasteiger charge is -2.10. The van der Waals surface area contributed by atoms with Crippen molar-refractivity contribution in [3.05, 3.63) is 16.8 Å². The highest BCUT2D eigenvalue weighted by molar-refractivity contribution is 6.35. The van der Waals surface area contributed by atoms with Crippen LogP contribution in [0.25, 0.3) is 11.2 Å². The van der Waals surface area contributed by atoms with E-state index >= 15 is 0 Å². The topological polar surface area (TPSA) is 63.9 Å². The number of amides is 1. The zero-order valence-electron chi connectivity index (χ0n) is 9.18. The highest BCUT2D eigenvalue weighted by Gasteiger charge is 2.13. The summed E-state index contributed by atoms with van der Waals surface area (Å²) in [5, 5.41) is 0.206. The van der Waals surface area contributed by atoms with Crippen LogP contribution in [0.5, 0.6) is 0 Å². The Kier molecular flexibility index (Phi) is 3.17. The number of carbonyl (C=O) groups excluding carboxylic acids is 1. The van der Waals surface area contributed by atoms with E-state index < -0.39 is 0 Å². The Bertz CT molecular complexity index is 580. The highest BCUT2D eigenvalue weighted by atomic mass is 35.5. The van der Waals surface area contributed by atoms with Gasteiger partial charge in [-0.05, 0) is 11.6 Å². The minimum Gasteiger partial charge on any atom is -0.347 e. The lowest BCUT2D eigenvalue weighted by Crippen LogP contribution is -2.26. The maximum atomic E-state index is 11.6. The largest absolute Gasteiger partial charge is 0.347 e. The van der Waals surface area contributed by atoms with Gasteiger partial charge in [-0.25, -0.2) is 9.97 Å². The molecule has 0 bridgehead atoms. The molecule has 0 fully saturated rings. The van der Waals surface area contributed by atoms with Gasteiger partial charge in [-0.3, -0.25) is 4.79 Å². The van der Waals surface area contributed by atoms with Crippen molar-refractivity contribution in [1.29, 1.82) is 0 Å². The number of imidazole rings is 1. The summed E-state index contributed by atoms with van der Waals surface area (Å²) < 4.78 is 1.58. The van der Waals surface area contributed by atoms with Crippen molar-refractivity contribution in [2.24, 2.45) is 0 Å². The summed E-state index contributed by atoms with van der Waals surface area (Å²) in [5.41, 5.74) is 0.882. The molecular formula is C9H9Cl2N5O. The zero-order valence-corrected chi connectivity index (χ0v) is 10.7. The molecule has 17 heavy (non-hydrogen) atoms. The van der Waals surface area contributed by atoms with Crippen LogP contribution >= 0.6 is 23.2 Å². The van der Waals surface area contributed by atoms with E-state index in [2.05, 4.69) is 15.0 Å². The van der Waals surface area contributed by atoms with Crippen LogP contribution in [0.1, 0.15) is 0 Å². The SMILES string of the molecule is CN(C)C(=O)Cn1cnc2c(Cl)nc(Cl)nc21. The molecule has 2 aromatic heterocycles. The summed E-state index contributed by atoms with van der Waals surface area (Å²) in [7, 11) is 3.35. The van der Waals surface area contributed by atoms with Gasteiger partial charge in [0.05, 0.1) is 6.33 Å². The number of carbonyl (C=O) groups is 1. The van der Waals surface area contributed by atoms with Gasteiger partial charge >= 0.3 is 0 Å². The highest BCUT2D eigenvalue weighted by Crippen LogP contribution is 2.20. The molecule has 0 aromatic carbocycles. The predicted octanol–water partition coefficient (Wildman–Crippen LogP) is 1.22. The van der Waals surface area contributed by atoms with Gasteiger partial charge in [-0.15, -0.1) is 0 Å². The van der Waals surface area contributed by atoms with E-state index in [1.165, 1.54) is 11.2 Å². The lowest BCUT2D eigenvalue weighted by atomic mass is 10.5. The zero-order chi connectivity index (χ0) is 12.6. The van der Waals surface area contributed by atoms with Crippen molar-refractivity contribution < 1.29 is 4.79 Å². The molecule has 0 radical (unpaired) electrons. The van der Waals surface area contributed by atoms with Crippen LogP contribution < -0.4 is 0 Å². The van der Waals surface area contributed by atoms with Crippen molar-refractivity contribution >= 4 is 40.3 Å². The first-order valence-electron chi connectivity index (χ1n) is 4.73. The number of likely N-dealkylation sites (N-methyl/N-ethyl adjacent to an activating group) is 1. The first-order chi connectivity index (χ1) is 7.99. The van der Waals surface area contributed by atoms with Crippen molar-refractivity contribution in [2.45, 2.75) is 6.54 Å². The third-order valence-corrected chi connectivity index (χ3v) is 2.63. The molecule has 0 spiro atoms. The van der Waals surface area contributed by atoms with Crippen molar-refractivity contribution in [1.82, 2.24) is 24.4 Å². The number of aromatic nitrogens is 4. The van der Waals surface area contributed by atoms with Gasteiger partial charge in [0.15, 0.2) is 10.8 Å². The van der Waals surface area contributed by atoms with E-state index in [0.717, 1.165) is 0 Å². The Hall–Kier alpha value is -1.40. The van der Waals surface area contributed by atoms with Crippen LogP contribution in [0, 0.1) is 0 Å². The number of hydrogen-bond acceptors (Lipinski definition) is 4. The Morgan fingerprint density at radius 3 is 2.76 bits per heavy atom. The van der Waals surface area contributed by atoms with Crippen LogP contribution in [-0.2, 0) is 11.3 Å². The smallest absolute Gasteiger partial charge is 0.242 e. The van der Waals surface area contributed by atoms with Gasteiger partial charge < -0.3 is 9.47 Å². The van der Waals surface area contributed by atoms with Crippen molar-refractivity contribution in [3.8, 4) is 0 Å². The first-order valence-corrected chi connectivity index (χ1v) is 5.48. The average molecular weight is 274 g/mol. The lowest BCUT2D eigenvalue weighted by molar-refractivity contribution is -0.129. The minimum absolute atomic E-state index is 0.0292. The molecule has 2 heterocycles. The first kappa shape index (κ1) is 12.1. The molecule has 0 aliphatic rings. The summed E-state index contributed by atoms with van der Waals surface area (Å²) >= 11 is 11.6. The van der Waals surface area contributed by atoms with Crippen LogP contribution in [0.15, 0.2) is 6.33 Å². The molecule has 8 heteroatoms. The van der Waals surface area contributed by atoms with E-state index in [4.69, 9.17) is 23.2 Å². The van der Waals surface area contributed by atoms with Crippen molar-refractivity contribution in [2.75, 3.05) is 14.1 Å². The molecule has 0 saturated heterocycles. The molecule has 0 atom stereocenters.